The average Bonchev–Trinajstić information content (AvgIpc) is 2.13. The summed E-state index contributed by atoms with van der Waals surface area (Å²) in [6.07, 6.45) is 2.10. The highest BCUT2D eigenvalue weighted by molar-refractivity contribution is 8.93. The summed E-state index contributed by atoms with van der Waals surface area (Å²) in [6.45, 7) is 8.73. The molecule has 0 amide bonds. The molecule has 0 aromatic rings. The molecule has 0 radical (unpaired) electrons. The van der Waals surface area contributed by atoms with Gasteiger partial charge in [-0.25, -0.2) is 4.99 Å². The molecule has 0 saturated heterocycles. The molecule has 0 spiro atoms. The van der Waals surface area contributed by atoms with E-state index in [0.717, 1.165) is 12.8 Å². The van der Waals surface area contributed by atoms with E-state index in [2.05, 4.69) is 23.8 Å². The number of nitrogens with two attached hydrogens (primary N) is 2. The Morgan fingerprint density at radius 1 is 1.33 bits per heavy atom. The Kier molecular flexibility index (Phi) is 6.62. The predicted molar refractivity (Wildman–Crippen MR) is 79.5 cm³/mol. The molecule has 0 aromatic carbocycles. The van der Waals surface area contributed by atoms with Crippen molar-refractivity contribution in [3.8, 4) is 0 Å². The fraction of sp³-hybridized carbons (Fsp3) is 0.818. The van der Waals surface area contributed by atoms with Crippen molar-refractivity contribution in [3.05, 3.63) is 0 Å². The third-order valence-electron chi connectivity index (χ3n) is 2.47. The van der Waals surface area contributed by atoms with Crippen LogP contribution < -0.4 is 11.5 Å². The van der Waals surface area contributed by atoms with E-state index in [9.17, 15) is 0 Å². The smallest absolute Gasteiger partial charge is 0.226 e. The van der Waals surface area contributed by atoms with Crippen molar-refractivity contribution in [1.29, 1.82) is 0 Å². The van der Waals surface area contributed by atoms with Gasteiger partial charge in [-0.05, 0) is 32.6 Å². The number of guanidine groups is 2. The molecule has 18 heavy (non-hydrogen) atoms. The molecule has 1 aliphatic heterocycles. The van der Waals surface area contributed by atoms with Crippen LogP contribution in [0.5, 0.6) is 0 Å². The highest BCUT2D eigenvalue weighted by Crippen LogP contribution is 2.20. The summed E-state index contributed by atoms with van der Waals surface area (Å²) in [5, 5.41) is 1.52. The molecule has 6 nitrogen and oxygen atoms in total. The second-order valence-electron chi connectivity index (χ2n) is 5.10. The molecule has 0 saturated carbocycles. The molecule has 7 heteroatoms. The van der Waals surface area contributed by atoms with Crippen LogP contribution >= 0.6 is 17.0 Å². The Hall–Kier alpha value is -0.820. The second-order valence-corrected chi connectivity index (χ2v) is 5.10. The minimum absolute atomic E-state index is 0. The summed E-state index contributed by atoms with van der Waals surface area (Å²) < 4.78 is 0. The van der Waals surface area contributed by atoms with Crippen LogP contribution in [0.3, 0.4) is 0 Å². The molecular weight excluding hydrogens is 298 g/mol. The summed E-state index contributed by atoms with van der Waals surface area (Å²) in [6, 6.07) is 0. The summed E-state index contributed by atoms with van der Waals surface area (Å²) in [4.78, 5) is 13.7. The monoisotopic (exact) mass is 321 g/mol. The van der Waals surface area contributed by atoms with Gasteiger partial charge < -0.3 is 11.5 Å². The maximum Gasteiger partial charge on any atom is 0.226 e. The molecular formula is C11H24BrN5O. The molecule has 1 heterocycles. The lowest BCUT2D eigenvalue weighted by Crippen LogP contribution is -2.53. The fourth-order valence-corrected chi connectivity index (χ4v) is 1.67. The summed E-state index contributed by atoms with van der Waals surface area (Å²) in [5.74, 6) is 1.12. The molecule has 0 fully saturated rings. The minimum Gasteiger partial charge on any atom is -0.368 e. The van der Waals surface area contributed by atoms with Crippen LogP contribution in [0.1, 0.15) is 40.5 Å². The van der Waals surface area contributed by atoms with Crippen molar-refractivity contribution < 1.29 is 4.84 Å². The van der Waals surface area contributed by atoms with Crippen LogP contribution in [-0.4, -0.2) is 29.3 Å². The van der Waals surface area contributed by atoms with Crippen molar-refractivity contribution in [2.45, 2.75) is 46.2 Å². The molecule has 0 atom stereocenters. The second kappa shape index (κ2) is 6.94. The van der Waals surface area contributed by atoms with Crippen LogP contribution in [0.25, 0.3) is 0 Å². The first-order chi connectivity index (χ1) is 7.83. The summed E-state index contributed by atoms with van der Waals surface area (Å²) in [5.41, 5.74) is 10.7. The third kappa shape index (κ3) is 4.81. The van der Waals surface area contributed by atoms with Gasteiger partial charge in [0.2, 0.25) is 11.9 Å². The van der Waals surface area contributed by atoms with Crippen molar-refractivity contribution >= 4 is 28.9 Å². The van der Waals surface area contributed by atoms with Gasteiger partial charge in [-0.2, -0.15) is 10.1 Å². The standard InChI is InChI=1S/C11H23N5O.BrH/c1-8(2)6-5-7-17-16-10(13)14-9(12)15-11(16,3)4;/h8H,5-7H2,1-4H3,(H4,12,13,14,15);1H. The predicted octanol–water partition coefficient (Wildman–Crippen LogP) is 1.61. The molecule has 1 rings (SSSR count). The van der Waals surface area contributed by atoms with Crippen molar-refractivity contribution in [1.82, 2.24) is 5.06 Å². The Labute approximate surface area is 119 Å². The van der Waals surface area contributed by atoms with E-state index in [1.54, 1.807) is 0 Å². The van der Waals surface area contributed by atoms with Crippen molar-refractivity contribution in [2.75, 3.05) is 6.61 Å². The Balaban J connectivity index is 0.00000289. The van der Waals surface area contributed by atoms with Crippen LogP contribution in [0.2, 0.25) is 0 Å². The zero-order valence-corrected chi connectivity index (χ0v) is 13.2. The molecule has 0 aliphatic carbocycles. The van der Waals surface area contributed by atoms with Gasteiger partial charge in [0.1, 0.15) is 0 Å². The first-order valence-corrected chi connectivity index (χ1v) is 5.95. The normalized spacial score (nSPS) is 18.2. The number of aliphatic imine (C=N–C) groups is 2. The van der Waals surface area contributed by atoms with Gasteiger partial charge in [0.15, 0.2) is 5.66 Å². The van der Waals surface area contributed by atoms with Gasteiger partial charge in [-0.1, -0.05) is 13.8 Å². The lowest BCUT2D eigenvalue weighted by Gasteiger charge is -2.36. The Morgan fingerprint density at radius 2 is 1.94 bits per heavy atom. The van der Waals surface area contributed by atoms with E-state index in [4.69, 9.17) is 16.3 Å². The zero-order chi connectivity index (χ0) is 13.1. The topological polar surface area (TPSA) is 89.2 Å². The van der Waals surface area contributed by atoms with Crippen LogP contribution in [0, 0.1) is 5.92 Å². The van der Waals surface area contributed by atoms with Crippen molar-refractivity contribution in [3.63, 3.8) is 0 Å². The Morgan fingerprint density at radius 3 is 2.44 bits per heavy atom. The van der Waals surface area contributed by atoms with E-state index in [0.29, 0.717) is 12.5 Å². The van der Waals surface area contributed by atoms with E-state index in [-0.39, 0.29) is 28.9 Å². The SMILES string of the molecule is Br.CC(C)CCCON1C(N)=NC(N)=NC1(C)C. The van der Waals surface area contributed by atoms with E-state index < -0.39 is 5.66 Å². The quantitative estimate of drug-likeness (QED) is 0.753. The molecule has 0 bridgehead atoms. The number of hydrogen-bond donors (Lipinski definition) is 2. The van der Waals surface area contributed by atoms with E-state index in [1.807, 2.05) is 13.8 Å². The van der Waals surface area contributed by atoms with Crippen LogP contribution in [0.15, 0.2) is 9.98 Å². The third-order valence-corrected chi connectivity index (χ3v) is 2.47. The summed E-state index contributed by atoms with van der Waals surface area (Å²) in [7, 11) is 0. The Bertz CT molecular complexity index is 327. The molecule has 0 aromatic heterocycles. The van der Waals surface area contributed by atoms with E-state index in [1.165, 1.54) is 5.06 Å². The number of halogens is 1. The highest BCUT2D eigenvalue weighted by atomic mass is 79.9. The lowest BCUT2D eigenvalue weighted by molar-refractivity contribution is -0.158. The zero-order valence-electron chi connectivity index (χ0n) is 11.5. The van der Waals surface area contributed by atoms with Crippen LogP contribution in [0.4, 0.5) is 0 Å². The molecule has 106 valence electrons. The largest absolute Gasteiger partial charge is 0.368 e. The maximum atomic E-state index is 5.78. The molecule has 4 N–H and O–H groups in total. The first-order valence-electron chi connectivity index (χ1n) is 5.95. The number of hydroxylamine groups is 2. The minimum atomic E-state index is -0.603. The van der Waals surface area contributed by atoms with Gasteiger partial charge in [-0.3, -0.25) is 4.84 Å². The van der Waals surface area contributed by atoms with Gasteiger partial charge in [0.05, 0.1) is 6.61 Å². The maximum absolute atomic E-state index is 5.78. The van der Waals surface area contributed by atoms with Crippen LogP contribution in [-0.2, 0) is 4.84 Å². The van der Waals surface area contributed by atoms with E-state index >= 15 is 0 Å². The van der Waals surface area contributed by atoms with Crippen molar-refractivity contribution in [2.24, 2.45) is 27.4 Å². The highest BCUT2D eigenvalue weighted by Gasteiger charge is 2.32. The van der Waals surface area contributed by atoms with Gasteiger partial charge in [0, 0.05) is 0 Å². The summed E-state index contributed by atoms with van der Waals surface area (Å²) >= 11 is 0. The lowest BCUT2D eigenvalue weighted by atomic mass is 10.1. The van der Waals surface area contributed by atoms with Gasteiger partial charge in [-0.15, -0.1) is 17.0 Å². The number of nitrogens with zero attached hydrogens (tertiary/aromatic N) is 3. The van der Waals surface area contributed by atoms with Gasteiger partial charge in [0.25, 0.3) is 0 Å². The number of hydrogen-bond acceptors (Lipinski definition) is 6. The molecule has 1 aliphatic rings. The first kappa shape index (κ1) is 17.2. The van der Waals surface area contributed by atoms with Gasteiger partial charge >= 0.3 is 0 Å². The average molecular weight is 322 g/mol. The molecule has 0 unspecified atom stereocenters. The number of rotatable bonds is 5. The fourth-order valence-electron chi connectivity index (χ4n) is 1.67.